The number of rotatable bonds is 8. The van der Waals surface area contributed by atoms with Crippen molar-refractivity contribution < 1.29 is 9.47 Å². The van der Waals surface area contributed by atoms with Crippen LogP contribution in [0.4, 0.5) is 5.82 Å². The molecule has 0 aliphatic rings. The Morgan fingerprint density at radius 2 is 1.37 bits per heavy atom. The third kappa shape index (κ3) is 6.62. The molecule has 0 saturated heterocycles. The molecule has 1 aromatic heterocycles. The molecule has 0 fully saturated rings. The second-order valence-corrected chi connectivity index (χ2v) is 16.3. The molecule has 0 spiro atoms. The van der Waals surface area contributed by atoms with E-state index in [0.717, 1.165) is 46.2 Å². The van der Waals surface area contributed by atoms with E-state index in [1.165, 1.54) is 14.8 Å². The zero-order valence-electron chi connectivity index (χ0n) is 20.9. The van der Waals surface area contributed by atoms with Crippen LogP contribution in [0.2, 0.25) is 8.45 Å². The van der Waals surface area contributed by atoms with Crippen molar-refractivity contribution in [3.8, 4) is 11.5 Å². The number of halogens is 1. The molecule has 0 saturated carbocycles. The fourth-order valence-electron chi connectivity index (χ4n) is 3.98. The van der Waals surface area contributed by atoms with Crippen molar-refractivity contribution in [2.24, 2.45) is 0 Å². The van der Waals surface area contributed by atoms with Gasteiger partial charge in [0.1, 0.15) is 0 Å². The first-order valence-electron chi connectivity index (χ1n) is 11.6. The Morgan fingerprint density at radius 3 is 1.86 bits per heavy atom. The SMILES string of the molecule is COc1ccc(CN(Cc2ccc(OC)cc2)c2cc3cccc(Cl)c3[c]([Sn][C](C)(C)C)n2)cc1. The number of ether oxygens (including phenoxy) is 2. The summed E-state index contributed by atoms with van der Waals surface area (Å²) in [5.41, 5.74) is 2.40. The van der Waals surface area contributed by atoms with Crippen LogP contribution >= 0.6 is 11.6 Å². The number of hydrogen-bond acceptors (Lipinski definition) is 4. The Hall–Kier alpha value is -2.44. The van der Waals surface area contributed by atoms with Gasteiger partial charge < -0.3 is 0 Å². The number of pyridine rings is 1. The van der Waals surface area contributed by atoms with E-state index < -0.39 is 21.1 Å². The van der Waals surface area contributed by atoms with Crippen molar-refractivity contribution in [1.29, 1.82) is 0 Å². The van der Waals surface area contributed by atoms with E-state index in [-0.39, 0.29) is 3.43 Å². The number of aromatic nitrogens is 1. The molecule has 0 aliphatic heterocycles. The van der Waals surface area contributed by atoms with Gasteiger partial charge in [0.25, 0.3) is 0 Å². The molecule has 180 valence electrons. The van der Waals surface area contributed by atoms with E-state index in [2.05, 4.69) is 62.1 Å². The average Bonchev–Trinajstić information content (AvgIpc) is 2.83. The van der Waals surface area contributed by atoms with Gasteiger partial charge in [-0.1, -0.05) is 0 Å². The molecule has 0 unspecified atom stereocenters. The number of nitrogens with zero attached hydrogens (tertiary/aromatic N) is 2. The zero-order chi connectivity index (χ0) is 25.0. The number of anilines is 1. The van der Waals surface area contributed by atoms with E-state index >= 15 is 0 Å². The van der Waals surface area contributed by atoms with Gasteiger partial charge in [-0.15, -0.1) is 0 Å². The van der Waals surface area contributed by atoms with Gasteiger partial charge in [-0.2, -0.15) is 0 Å². The summed E-state index contributed by atoms with van der Waals surface area (Å²) in [4.78, 5) is 7.62. The van der Waals surface area contributed by atoms with Gasteiger partial charge in [-0.05, 0) is 0 Å². The predicted molar refractivity (Wildman–Crippen MR) is 148 cm³/mol. The van der Waals surface area contributed by atoms with Crippen LogP contribution in [0.25, 0.3) is 10.8 Å². The van der Waals surface area contributed by atoms with Gasteiger partial charge in [0.05, 0.1) is 0 Å². The maximum absolute atomic E-state index is 6.69. The van der Waals surface area contributed by atoms with Gasteiger partial charge in [0.15, 0.2) is 0 Å². The molecule has 3 aromatic carbocycles. The summed E-state index contributed by atoms with van der Waals surface area (Å²) in [7, 11) is 3.38. The first-order valence-corrected chi connectivity index (χ1v) is 14.9. The fraction of sp³-hybridized carbons (Fsp3) is 0.276. The normalized spacial score (nSPS) is 11.5. The second-order valence-electron chi connectivity index (χ2n) is 9.59. The van der Waals surface area contributed by atoms with Crippen LogP contribution < -0.4 is 18.1 Å². The van der Waals surface area contributed by atoms with E-state index in [1.807, 2.05) is 36.4 Å². The number of hydrogen-bond donors (Lipinski definition) is 0. The van der Waals surface area contributed by atoms with E-state index in [4.69, 9.17) is 26.1 Å². The second kappa shape index (κ2) is 11.1. The average molecular weight is 594 g/mol. The molecule has 4 rings (SSSR count). The Bertz CT molecular complexity index is 1240. The van der Waals surface area contributed by atoms with Gasteiger partial charge >= 0.3 is 224 Å². The Kier molecular flexibility index (Phi) is 8.12. The molecule has 0 bridgehead atoms. The summed E-state index contributed by atoms with van der Waals surface area (Å²) in [6.45, 7) is 8.39. The van der Waals surface area contributed by atoms with Crippen LogP contribution in [0.1, 0.15) is 31.9 Å². The van der Waals surface area contributed by atoms with Crippen LogP contribution in [0.15, 0.2) is 72.8 Å². The molecule has 35 heavy (non-hydrogen) atoms. The summed E-state index contributed by atoms with van der Waals surface area (Å²) in [5, 5.41) is 3.06. The van der Waals surface area contributed by atoms with Crippen molar-refractivity contribution in [3.63, 3.8) is 0 Å². The molecule has 0 N–H and O–H groups in total. The van der Waals surface area contributed by atoms with Crippen LogP contribution in [-0.2, 0) is 13.1 Å². The quantitative estimate of drug-likeness (QED) is 0.214. The molecule has 4 nitrogen and oxygen atoms in total. The molecule has 0 aliphatic carbocycles. The predicted octanol–water partition coefficient (Wildman–Crippen LogP) is 6.66. The van der Waals surface area contributed by atoms with Crippen LogP contribution in [0, 0.1) is 0 Å². The molecular formula is C29H31ClN2O2Sn. The standard InChI is InChI=1S/C25H22ClN2O2.C4H9.Sn/c1-29-21-10-6-18(7-11-21)16-28(17-19-8-12-22(30-2)13-9-19)25-14-20-4-3-5-24(26)23(20)15-27-25;1-4(2)3;/h3-14H,16-17H2,1-2H3;1-3H3;. The Labute approximate surface area is 223 Å². The summed E-state index contributed by atoms with van der Waals surface area (Å²) in [6, 6.07) is 24.8. The molecule has 0 atom stereocenters. The topological polar surface area (TPSA) is 34.6 Å². The third-order valence-electron chi connectivity index (χ3n) is 5.68. The summed E-state index contributed by atoms with van der Waals surface area (Å²) in [5.74, 6) is 2.69. The Balaban J connectivity index is 1.78. The van der Waals surface area contributed by atoms with Gasteiger partial charge in [0.2, 0.25) is 0 Å². The minimum absolute atomic E-state index is 0.248. The van der Waals surface area contributed by atoms with Crippen LogP contribution in [0.3, 0.4) is 0 Å². The van der Waals surface area contributed by atoms with Gasteiger partial charge in [-0.3, -0.25) is 0 Å². The summed E-state index contributed by atoms with van der Waals surface area (Å²) in [6.07, 6.45) is 0. The molecule has 4 aromatic rings. The molecule has 0 amide bonds. The van der Waals surface area contributed by atoms with Crippen LogP contribution in [-0.4, -0.2) is 40.3 Å². The van der Waals surface area contributed by atoms with E-state index in [9.17, 15) is 0 Å². The van der Waals surface area contributed by atoms with E-state index in [1.54, 1.807) is 14.2 Å². The van der Waals surface area contributed by atoms with Crippen molar-refractivity contribution in [2.45, 2.75) is 37.3 Å². The molecule has 2 radical (unpaired) electrons. The zero-order valence-corrected chi connectivity index (χ0v) is 24.5. The van der Waals surface area contributed by atoms with Crippen molar-refractivity contribution >= 4 is 53.0 Å². The van der Waals surface area contributed by atoms with E-state index in [0.29, 0.717) is 0 Å². The molecule has 1 heterocycles. The van der Waals surface area contributed by atoms with Crippen molar-refractivity contribution in [1.82, 2.24) is 4.98 Å². The number of benzene rings is 3. The van der Waals surface area contributed by atoms with Crippen molar-refractivity contribution in [2.75, 3.05) is 19.1 Å². The van der Waals surface area contributed by atoms with Crippen LogP contribution in [0.5, 0.6) is 11.5 Å². The summed E-state index contributed by atoms with van der Waals surface area (Å²) < 4.78 is 12.2. The monoisotopic (exact) mass is 594 g/mol. The number of fused-ring (bicyclic) bond motifs is 1. The maximum atomic E-state index is 6.69. The van der Waals surface area contributed by atoms with Gasteiger partial charge in [-0.25, -0.2) is 0 Å². The summed E-state index contributed by atoms with van der Waals surface area (Å²) >= 11 is 5.67. The fourth-order valence-corrected chi connectivity index (χ4v) is 8.15. The minimum atomic E-state index is -1.02. The van der Waals surface area contributed by atoms with Gasteiger partial charge in [0, 0.05) is 0 Å². The Morgan fingerprint density at radius 1 is 0.829 bits per heavy atom. The first-order chi connectivity index (χ1) is 16.8. The number of methoxy groups -OCH3 is 2. The van der Waals surface area contributed by atoms with Crippen molar-refractivity contribution in [3.05, 3.63) is 88.9 Å². The molecule has 6 heteroatoms. The third-order valence-corrected chi connectivity index (χ3v) is 9.84. The molecular weight excluding hydrogens is 562 g/mol. The first kappa shape index (κ1) is 25.6.